The number of phenolic OH excluding ortho intramolecular Hbond substituents is 1. The Morgan fingerprint density at radius 1 is 1.15 bits per heavy atom. The van der Waals surface area contributed by atoms with Gasteiger partial charge >= 0.3 is 0 Å². The van der Waals surface area contributed by atoms with Gasteiger partial charge in [0, 0.05) is 5.69 Å². The normalized spacial score (nSPS) is 10.8. The first kappa shape index (κ1) is 13.9. The Bertz CT molecular complexity index is 792. The van der Waals surface area contributed by atoms with E-state index in [2.05, 4.69) is 4.72 Å². The van der Waals surface area contributed by atoms with Gasteiger partial charge in [0.05, 0.1) is 17.9 Å². The van der Waals surface area contributed by atoms with Gasteiger partial charge in [0.15, 0.2) is 0 Å². The maximum Gasteiger partial charge on any atom is 0.229 e. The molecule has 0 bridgehead atoms. The maximum absolute atomic E-state index is 11.2. The summed E-state index contributed by atoms with van der Waals surface area (Å²) in [5.74, 6) is -0.0134. The molecule has 0 atom stereocenters. The summed E-state index contributed by atoms with van der Waals surface area (Å²) in [6, 6.07) is 13.2. The second kappa shape index (κ2) is 5.23. The molecule has 2 rings (SSSR count). The second-order valence-electron chi connectivity index (χ2n) is 4.34. The topological polar surface area (TPSA) is 90.2 Å². The Morgan fingerprint density at radius 3 is 2.55 bits per heavy atom. The minimum atomic E-state index is -3.35. The molecule has 0 spiro atoms. The van der Waals surface area contributed by atoms with E-state index in [1.165, 1.54) is 12.1 Å². The van der Waals surface area contributed by atoms with Gasteiger partial charge in [-0.15, -0.1) is 0 Å². The molecule has 0 fully saturated rings. The highest BCUT2D eigenvalue weighted by Crippen LogP contribution is 2.27. The van der Waals surface area contributed by atoms with Gasteiger partial charge in [0.1, 0.15) is 5.75 Å². The van der Waals surface area contributed by atoms with Crippen LogP contribution < -0.4 is 4.72 Å². The average Bonchev–Trinajstić information content (AvgIpc) is 2.36. The van der Waals surface area contributed by atoms with Crippen LogP contribution in [0, 0.1) is 11.3 Å². The molecular formula is C14H12N2O3S. The lowest BCUT2D eigenvalue weighted by molar-refractivity contribution is 0.475. The number of nitrogens with one attached hydrogen (secondary N) is 1. The molecule has 2 N–H and O–H groups in total. The largest absolute Gasteiger partial charge is 0.508 e. The molecule has 102 valence electrons. The number of hydrogen-bond acceptors (Lipinski definition) is 4. The third kappa shape index (κ3) is 3.49. The molecule has 0 saturated carbocycles. The number of benzene rings is 2. The van der Waals surface area contributed by atoms with Crippen molar-refractivity contribution in [1.82, 2.24) is 0 Å². The molecular weight excluding hydrogens is 276 g/mol. The van der Waals surface area contributed by atoms with Crippen molar-refractivity contribution in [2.45, 2.75) is 0 Å². The summed E-state index contributed by atoms with van der Waals surface area (Å²) >= 11 is 0. The predicted octanol–water partition coefficient (Wildman–Crippen LogP) is 2.30. The van der Waals surface area contributed by atoms with E-state index >= 15 is 0 Å². The number of hydrogen-bond donors (Lipinski definition) is 2. The van der Waals surface area contributed by atoms with Crippen molar-refractivity contribution in [3.05, 3.63) is 48.0 Å². The van der Waals surface area contributed by atoms with Gasteiger partial charge < -0.3 is 5.11 Å². The summed E-state index contributed by atoms with van der Waals surface area (Å²) in [5.41, 5.74) is 2.10. The Labute approximate surface area is 117 Å². The van der Waals surface area contributed by atoms with Crippen LogP contribution in [-0.2, 0) is 10.0 Å². The molecule has 0 amide bonds. The van der Waals surface area contributed by atoms with E-state index in [0.717, 1.165) is 6.26 Å². The number of nitrogens with zero attached hydrogens (tertiary/aromatic N) is 1. The summed E-state index contributed by atoms with van der Waals surface area (Å²) < 4.78 is 24.8. The molecule has 2 aromatic rings. The van der Waals surface area contributed by atoms with Crippen LogP contribution >= 0.6 is 0 Å². The summed E-state index contributed by atoms with van der Waals surface area (Å²) in [6.45, 7) is 0. The standard InChI is InChI=1S/C14H12N2O3S/c1-20(18,19)16-13-4-2-3-11(7-13)12-5-10(9-15)6-14(17)8-12/h2-8,16-17H,1H3. The first-order chi connectivity index (χ1) is 9.37. The number of rotatable bonds is 3. The van der Waals surface area contributed by atoms with Crippen molar-refractivity contribution >= 4 is 15.7 Å². The van der Waals surface area contributed by atoms with Gasteiger partial charge in [-0.05, 0) is 41.5 Å². The SMILES string of the molecule is CS(=O)(=O)Nc1cccc(-c2cc(O)cc(C#N)c2)c1. The van der Waals surface area contributed by atoms with Crippen LogP contribution in [0.15, 0.2) is 42.5 Å². The van der Waals surface area contributed by atoms with Gasteiger partial charge in [-0.25, -0.2) is 8.42 Å². The van der Waals surface area contributed by atoms with Crippen LogP contribution in [0.25, 0.3) is 11.1 Å². The Morgan fingerprint density at radius 2 is 1.90 bits per heavy atom. The molecule has 6 heteroatoms. The zero-order valence-corrected chi connectivity index (χ0v) is 11.5. The zero-order valence-electron chi connectivity index (χ0n) is 10.7. The quantitative estimate of drug-likeness (QED) is 0.906. The number of aromatic hydroxyl groups is 1. The fourth-order valence-electron chi connectivity index (χ4n) is 1.82. The number of sulfonamides is 1. The monoisotopic (exact) mass is 288 g/mol. The molecule has 0 unspecified atom stereocenters. The van der Waals surface area contributed by atoms with Gasteiger partial charge in [0.25, 0.3) is 0 Å². The van der Waals surface area contributed by atoms with Crippen LogP contribution in [-0.4, -0.2) is 19.8 Å². The lowest BCUT2D eigenvalue weighted by Gasteiger charge is -2.07. The summed E-state index contributed by atoms with van der Waals surface area (Å²) in [5, 5.41) is 18.5. The van der Waals surface area contributed by atoms with Gasteiger partial charge in [-0.1, -0.05) is 12.1 Å². The number of phenols is 1. The van der Waals surface area contributed by atoms with E-state index in [9.17, 15) is 13.5 Å². The molecule has 0 aliphatic heterocycles. The van der Waals surface area contributed by atoms with Crippen molar-refractivity contribution in [2.24, 2.45) is 0 Å². The smallest absolute Gasteiger partial charge is 0.229 e. The van der Waals surface area contributed by atoms with Crippen LogP contribution in [0.5, 0.6) is 5.75 Å². The molecule has 0 saturated heterocycles. The molecule has 0 aliphatic rings. The summed E-state index contributed by atoms with van der Waals surface area (Å²) in [7, 11) is -3.35. The fourth-order valence-corrected chi connectivity index (χ4v) is 2.37. The maximum atomic E-state index is 11.2. The lowest BCUT2D eigenvalue weighted by atomic mass is 10.0. The van der Waals surface area contributed by atoms with Crippen LogP contribution in [0.1, 0.15) is 5.56 Å². The van der Waals surface area contributed by atoms with Crippen molar-refractivity contribution in [2.75, 3.05) is 11.0 Å². The Kier molecular flexibility index (Phi) is 3.63. The van der Waals surface area contributed by atoms with Crippen molar-refractivity contribution < 1.29 is 13.5 Å². The molecule has 0 aromatic heterocycles. The van der Waals surface area contributed by atoms with Gasteiger partial charge in [-0.2, -0.15) is 5.26 Å². The fraction of sp³-hybridized carbons (Fsp3) is 0.0714. The predicted molar refractivity (Wildman–Crippen MR) is 76.7 cm³/mol. The number of nitriles is 1. The first-order valence-electron chi connectivity index (χ1n) is 5.70. The van der Waals surface area contributed by atoms with E-state index < -0.39 is 10.0 Å². The van der Waals surface area contributed by atoms with Crippen molar-refractivity contribution in [1.29, 1.82) is 5.26 Å². The van der Waals surface area contributed by atoms with Crippen molar-refractivity contribution in [3.8, 4) is 22.9 Å². The van der Waals surface area contributed by atoms with Gasteiger partial charge in [-0.3, -0.25) is 4.72 Å². The van der Waals surface area contributed by atoms with Crippen LogP contribution in [0.4, 0.5) is 5.69 Å². The van der Waals surface area contributed by atoms with Crippen LogP contribution in [0.2, 0.25) is 0 Å². The number of anilines is 1. The molecule has 20 heavy (non-hydrogen) atoms. The molecule has 0 heterocycles. The molecule has 2 aromatic carbocycles. The first-order valence-corrected chi connectivity index (χ1v) is 7.59. The lowest BCUT2D eigenvalue weighted by Crippen LogP contribution is -2.09. The minimum absolute atomic E-state index is 0.0134. The summed E-state index contributed by atoms with van der Waals surface area (Å²) in [6.07, 6.45) is 1.07. The minimum Gasteiger partial charge on any atom is -0.508 e. The molecule has 0 radical (unpaired) electrons. The zero-order chi connectivity index (χ0) is 14.8. The van der Waals surface area contributed by atoms with Gasteiger partial charge in [0.2, 0.25) is 10.0 Å². The highest BCUT2D eigenvalue weighted by molar-refractivity contribution is 7.92. The average molecular weight is 288 g/mol. The highest BCUT2D eigenvalue weighted by atomic mass is 32.2. The Balaban J connectivity index is 2.46. The van der Waals surface area contributed by atoms with E-state index in [0.29, 0.717) is 22.4 Å². The Hall–Kier alpha value is -2.52. The van der Waals surface area contributed by atoms with Crippen LogP contribution in [0.3, 0.4) is 0 Å². The summed E-state index contributed by atoms with van der Waals surface area (Å²) in [4.78, 5) is 0. The third-order valence-corrected chi connectivity index (χ3v) is 3.15. The van der Waals surface area contributed by atoms with E-state index in [4.69, 9.17) is 5.26 Å². The third-order valence-electron chi connectivity index (χ3n) is 2.55. The van der Waals surface area contributed by atoms with E-state index in [-0.39, 0.29) is 5.75 Å². The molecule has 5 nitrogen and oxygen atoms in total. The van der Waals surface area contributed by atoms with E-state index in [1.807, 2.05) is 6.07 Å². The second-order valence-corrected chi connectivity index (χ2v) is 6.08. The molecule has 0 aliphatic carbocycles. The highest BCUT2D eigenvalue weighted by Gasteiger charge is 2.06. The van der Waals surface area contributed by atoms with E-state index in [1.54, 1.807) is 30.3 Å². The van der Waals surface area contributed by atoms with Crippen molar-refractivity contribution in [3.63, 3.8) is 0 Å².